The lowest BCUT2D eigenvalue weighted by molar-refractivity contribution is 0.112. The third-order valence-electron chi connectivity index (χ3n) is 2.56. The molecule has 20 heavy (non-hydrogen) atoms. The maximum absolute atomic E-state index is 13.6. The fourth-order valence-electron chi connectivity index (χ4n) is 1.60. The monoisotopic (exact) mass is 300 g/mol. The van der Waals surface area contributed by atoms with Crippen LogP contribution in [0.15, 0.2) is 30.3 Å². The van der Waals surface area contributed by atoms with Crippen molar-refractivity contribution in [3.63, 3.8) is 0 Å². The zero-order valence-electron chi connectivity index (χ0n) is 10.00. The van der Waals surface area contributed by atoms with E-state index >= 15 is 0 Å². The number of carbonyl (C=O) groups excluding carboxylic acids is 1. The van der Waals surface area contributed by atoms with Crippen molar-refractivity contribution in [3.8, 4) is 5.75 Å². The first-order valence-corrected chi connectivity index (χ1v) is 5.90. The predicted octanol–water partition coefficient (Wildman–Crippen LogP) is 4.15. The molecule has 0 radical (unpaired) electrons. The Balaban J connectivity index is 2.23. The van der Waals surface area contributed by atoms with Crippen LogP contribution >= 0.6 is 11.6 Å². The highest BCUT2D eigenvalue weighted by Gasteiger charge is 2.14. The molecular weight excluding hydrogens is 293 g/mol. The number of carbonyl (C=O) groups is 1. The second-order valence-corrected chi connectivity index (χ2v) is 4.34. The third kappa shape index (κ3) is 2.93. The second kappa shape index (κ2) is 5.96. The SMILES string of the molecule is O=Cc1cc(F)c(OCc2cccc(Cl)c2F)c(F)c1. The first kappa shape index (κ1) is 14.4. The molecule has 0 heterocycles. The molecule has 2 aromatic carbocycles. The van der Waals surface area contributed by atoms with Crippen LogP contribution in [0, 0.1) is 17.5 Å². The van der Waals surface area contributed by atoms with Crippen LogP contribution in [-0.4, -0.2) is 6.29 Å². The van der Waals surface area contributed by atoms with E-state index in [1.165, 1.54) is 18.2 Å². The molecule has 0 amide bonds. The summed E-state index contributed by atoms with van der Waals surface area (Å²) in [6.45, 7) is -0.388. The van der Waals surface area contributed by atoms with E-state index in [0.29, 0.717) is 6.29 Å². The number of hydrogen-bond acceptors (Lipinski definition) is 2. The molecule has 2 aromatic rings. The maximum atomic E-state index is 13.6. The minimum absolute atomic E-state index is 0.0655. The fourth-order valence-corrected chi connectivity index (χ4v) is 1.79. The summed E-state index contributed by atoms with van der Waals surface area (Å²) in [6.07, 6.45) is 0.312. The fraction of sp³-hybridized carbons (Fsp3) is 0.0714. The van der Waals surface area contributed by atoms with E-state index in [1.807, 2.05) is 0 Å². The summed E-state index contributed by atoms with van der Waals surface area (Å²) in [5.41, 5.74) is -0.0861. The topological polar surface area (TPSA) is 26.3 Å². The first-order chi connectivity index (χ1) is 9.52. The quantitative estimate of drug-likeness (QED) is 0.793. The molecule has 0 unspecified atom stereocenters. The van der Waals surface area contributed by atoms with Gasteiger partial charge in [-0.15, -0.1) is 0 Å². The molecule has 6 heteroatoms. The summed E-state index contributed by atoms with van der Waals surface area (Å²) in [5, 5.41) is -0.108. The number of hydrogen-bond donors (Lipinski definition) is 0. The Labute approximate surface area is 117 Å². The molecule has 0 aliphatic carbocycles. The Hall–Kier alpha value is -2.01. The van der Waals surface area contributed by atoms with E-state index in [4.69, 9.17) is 16.3 Å². The first-order valence-electron chi connectivity index (χ1n) is 5.53. The Morgan fingerprint density at radius 2 is 1.80 bits per heavy atom. The smallest absolute Gasteiger partial charge is 0.191 e. The Morgan fingerprint density at radius 3 is 2.40 bits per heavy atom. The second-order valence-electron chi connectivity index (χ2n) is 3.93. The van der Waals surface area contributed by atoms with E-state index < -0.39 is 23.2 Å². The summed E-state index contributed by atoms with van der Waals surface area (Å²) in [7, 11) is 0. The Kier molecular flexibility index (Phi) is 4.29. The molecule has 0 saturated carbocycles. The minimum atomic E-state index is -1.03. The molecule has 0 aliphatic rings. The molecule has 0 bridgehead atoms. The van der Waals surface area contributed by atoms with Gasteiger partial charge in [0, 0.05) is 11.1 Å². The van der Waals surface area contributed by atoms with Crippen molar-refractivity contribution < 1.29 is 22.7 Å². The van der Waals surface area contributed by atoms with Gasteiger partial charge in [0.15, 0.2) is 17.4 Å². The lowest BCUT2D eigenvalue weighted by Gasteiger charge is -2.10. The van der Waals surface area contributed by atoms with Gasteiger partial charge >= 0.3 is 0 Å². The van der Waals surface area contributed by atoms with E-state index in [9.17, 15) is 18.0 Å². The van der Waals surface area contributed by atoms with Crippen molar-refractivity contribution in [1.29, 1.82) is 0 Å². The van der Waals surface area contributed by atoms with Gasteiger partial charge in [-0.1, -0.05) is 23.7 Å². The van der Waals surface area contributed by atoms with Crippen LogP contribution in [0.4, 0.5) is 13.2 Å². The zero-order valence-corrected chi connectivity index (χ0v) is 10.8. The molecule has 0 aliphatic heterocycles. The van der Waals surface area contributed by atoms with Crippen LogP contribution in [0.1, 0.15) is 15.9 Å². The normalized spacial score (nSPS) is 10.4. The number of ether oxygens (including phenoxy) is 1. The molecular formula is C14H8ClF3O2. The van der Waals surface area contributed by atoms with Gasteiger partial charge in [-0.25, -0.2) is 13.2 Å². The maximum Gasteiger partial charge on any atom is 0.191 e. The van der Waals surface area contributed by atoms with Gasteiger partial charge in [0.05, 0.1) is 5.02 Å². The van der Waals surface area contributed by atoms with Crippen LogP contribution in [0.2, 0.25) is 5.02 Å². The van der Waals surface area contributed by atoms with E-state index in [1.54, 1.807) is 0 Å². The van der Waals surface area contributed by atoms with Crippen LogP contribution in [0.3, 0.4) is 0 Å². The molecule has 2 nitrogen and oxygen atoms in total. The highest BCUT2D eigenvalue weighted by Crippen LogP contribution is 2.25. The Bertz CT molecular complexity index is 636. The summed E-state index contributed by atoms with van der Waals surface area (Å²) in [6, 6.07) is 5.89. The van der Waals surface area contributed by atoms with Gasteiger partial charge in [-0.3, -0.25) is 4.79 Å². The highest BCUT2D eigenvalue weighted by atomic mass is 35.5. The molecule has 104 valence electrons. The van der Waals surface area contributed by atoms with E-state index in [-0.39, 0.29) is 22.8 Å². The molecule has 0 N–H and O–H groups in total. The van der Waals surface area contributed by atoms with Gasteiger partial charge in [-0.2, -0.15) is 0 Å². The van der Waals surface area contributed by atoms with E-state index in [2.05, 4.69) is 0 Å². The minimum Gasteiger partial charge on any atom is -0.483 e. The largest absolute Gasteiger partial charge is 0.483 e. The van der Waals surface area contributed by atoms with Crippen LogP contribution in [0.5, 0.6) is 5.75 Å². The predicted molar refractivity (Wildman–Crippen MR) is 67.5 cm³/mol. The lowest BCUT2D eigenvalue weighted by Crippen LogP contribution is -2.03. The molecule has 0 fully saturated rings. The Morgan fingerprint density at radius 1 is 1.15 bits per heavy atom. The van der Waals surface area contributed by atoms with Crippen molar-refractivity contribution in [1.82, 2.24) is 0 Å². The summed E-state index contributed by atoms with van der Waals surface area (Å²) in [4.78, 5) is 10.4. The van der Waals surface area contributed by atoms with Gasteiger partial charge in [0.25, 0.3) is 0 Å². The van der Waals surface area contributed by atoms with Gasteiger partial charge in [0.2, 0.25) is 0 Å². The van der Waals surface area contributed by atoms with Gasteiger partial charge in [0.1, 0.15) is 18.7 Å². The van der Waals surface area contributed by atoms with Crippen LogP contribution in [0.25, 0.3) is 0 Å². The van der Waals surface area contributed by atoms with Crippen molar-refractivity contribution in [3.05, 3.63) is 63.9 Å². The summed E-state index contributed by atoms with van der Waals surface area (Å²) >= 11 is 5.58. The average Bonchev–Trinajstić information content (AvgIpc) is 2.42. The average molecular weight is 301 g/mol. The molecule has 0 atom stereocenters. The number of benzene rings is 2. The molecule has 2 rings (SSSR count). The van der Waals surface area contributed by atoms with Crippen molar-refractivity contribution in [2.75, 3.05) is 0 Å². The molecule has 0 aromatic heterocycles. The number of aldehydes is 1. The van der Waals surface area contributed by atoms with Crippen LogP contribution < -0.4 is 4.74 Å². The molecule has 0 saturated heterocycles. The van der Waals surface area contributed by atoms with Crippen molar-refractivity contribution >= 4 is 17.9 Å². The third-order valence-corrected chi connectivity index (χ3v) is 2.85. The van der Waals surface area contributed by atoms with Crippen LogP contribution in [-0.2, 0) is 6.61 Å². The standard InChI is InChI=1S/C14H8ClF3O2/c15-10-3-1-2-9(13(10)18)7-20-14-11(16)4-8(6-19)5-12(14)17/h1-6H,7H2. The van der Waals surface area contributed by atoms with Gasteiger partial charge in [-0.05, 0) is 18.2 Å². The zero-order chi connectivity index (χ0) is 14.7. The van der Waals surface area contributed by atoms with E-state index in [0.717, 1.165) is 12.1 Å². The highest BCUT2D eigenvalue weighted by molar-refractivity contribution is 6.30. The number of rotatable bonds is 4. The van der Waals surface area contributed by atoms with Crippen molar-refractivity contribution in [2.24, 2.45) is 0 Å². The van der Waals surface area contributed by atoms with Gasteiger partial charge < -0.3 is 4.74 Å². The summed E-state index contributed by atoms with van der Waals surface area (Å²) in [5.74, 6) is -3.45. The van der Waals surface area contributed by atoms with Crippen molar-refractivity contribution in [2.45, 2.75) is 6.61 Å². The summed E-state index contributed by atoms with van der Waals surface area (Å²) < 4.78 is 45.6. The lowest BCUT2D eigenvalue weighted by atomic mass is 10.2. The molecule has 0 spiro atoms. The number of halogens is 4.